The van der Waals surface area contributed by atoms with Crippen LogP contribution >= 0.6 is 0 Å². The minimum atomic E-state index is -0.498. The lowest BCUT2D eigenvalue weighted by molar-refractivity contribution is 0.000650. The lowest BCUT2D eigenvalue weighted by Crippen LogP contribution is -2.52. The third-order valence-electron chi connectivity index (χ3n) is 3.05. The van der Waals surface area contributed by atoms with Crippen molar-refractivity contribution in [3.05, 3.63) is 24.2 Å². The van der Waals surface area contributed by atoms with Crippen molar-refractivity contribution in [1.29, 1.82) is 5.26 Å². The summed E-state index contributed by atoms with van der Waals surface area (Å²) in [6, 6.07) is 6.16. The first-order valence-electron chi connectivity index (χ1n) is 5.51. The fourth-order valence-electron chi connectivity index (χ4n) is 2.03. The summed E-state index contributed by atoms with van der Waals surface area (Å²) in [5.41, 5.74) is -0.498. The molecule has 1 atom stereocenters. The highest BCUT2D eigenvalue weighted by Crippen LogP contribution is 2.21. The Morgan fingerprint density at radius 1 is 1.50 bits per heavy atom. The molecule has 1 unspecified atom stereocenters. The molecule has 1 aromatic heterocycles. The van der Waals surface area contributed by atoms with Gasteiger partial charge in [0, 0.05) is 19.5 Å². The summed E-state index contributed by atoms with van der Waals surface area (Å²) in [5, 5.41) is 9.36. The number of ether oxygens (including phenoxy) is 1. The maximum absolute atomic E-state index is 9.36. The van der Waals surface area contributed by atoms with E-state index in [0.29, 0.717) is 19.6 Å². The molecule has 0 amide bonds. The molecule has 1 fully saturated rings. The predicted molar refractivity (Wildman–Crippen MR) is 58.8 cm³/mol. The van der Waals surface area contributed by atoms with Gasteiger partial charge in [0.1, 0.15) is 11.3 Å². The zero-order valence-corrected chi connectivity index (χ0v) is 9.48. The number of furan rings is 1. The van der Waals surface area contributed by atoms with E-state index >= 15 is 0 Å². The average Bonchev–Trinajstić information content (AvgIpc) is 2.83. The second-order valence-corrected chi connectivity index (χ2v) is 4.24. The van der Waals surface area contributed by atoms with E-state index in [0.717, 1.165) is 18.8 Å². The molecule has 2 rings (SSSR count). The summed E-state index contributed by atoms with van der Waals surface area (Å²) >= 11 is 0. The van der Waals surface area contributed by atoms with Crippen LogP contribution in [0.1, 0.15) is 12.7 Å². The molecule has 16 heavy (non-hydrogen) atoms. The van der Waals surface area contributed by atoms with Crippen LogP contribution in [-0.4, -0.2) is 36.7 Å². The molecule has 0 aliphatic carbocycles. The fourth-order valence-corrected chi connectivity index (χ4v) is 2.03. The standard InChI is InChI=1S/C12H16N2O2/c1-12(10-13,9-11-3-2-6-16-11)14-4-7-15-8-5-14/h2-3,6H,4-5,7-9H2,1H3. The zero-order chi connectivity index (χ0) is 11.4. The van der Waals surface area contributed by atoms with Gasteiger partial charge in [-0.15, -0.1) is 0 Å². The van der Waals surface area contributed by atoms with E-state index in [2.05, 4.69) is 11.0 Å². The SMILES string of the molecule is CC(C#N)(Cc1ccco1)N1CCOCC1. The Morgan fingerprint density at radius 3 is 2.81 bits per heavy atom. The lowest BCUT2D eigenvalue weighted by Gasteiger charge is -2.37. The normalized spacial score (nSPS) is 21.2. The first kappa shape index (κ1) is 11.2. The highest BCUT2D eigenvalue weighted by Gasteiger charge is 2.34. The van der Waals surface area contributed by atoms with E-state index in [1.807, 2.05) is 19.1 Å². The van der Waals surface area contributed by atoms with E-state index in [9.17, 15) is 5.26 Å². The van der Waals surface area contributed by atoms with Crippen LogP contribution in [0, 0.1) is 11.3 Å². The first-order valence-corrected chi connectivity index (χ1v) is 5.51. The molecule has 0 aromatic carbocycles. The zero-order valence-electron chi connectivity index (χ0n) is 9.48. The van der Waals surface area contributed by atoms with Crippen molar-refractivity contribution in [2.24, 2.45) is 0 Å². The Labute approximate surface area is 95.4 Å². The Balaban J connectivity index is 2.09. The molecule has 1 aromatic rings. The van der Waals surface area contributed by atoms with E-state index < -0.39 is 5.54 Å². The predicted octanol–water partition coefficient (Wildman–Crippen LogP) is 1.44. The number of hydrogen-bond donors (Lipinski definition) is 0. The van der Waals surface area contributed by atoms with Gasteiger partial charge in [0.2, 0.25) is 0 Å². The minimum Gasteiger partial charge on any atom is -0.469 e. The second kappa shape index (κ2) is 4.69. The molecule has 0 spiro atoms. The van der Waals surface area contributed by atoms with Crippen molar-refractivity contribution in [2.45, 2.75) is 18.9 Å². The van der Waals surface area contributed by atoms with Crippen LogP contribution in [0.15, 0.2) is 22.8 Å². The quantitative estimate of drug-likeness (QED) is 0.773. The van der Waals surface area contributed by atoms with Gasteiger partial charge in [-0.25, -0.2) is 0 Å². The molecular weight excluding hydrogens is 204 g/mol. The van der Waals surface area contributed by atoms with Crippen molar-refractivity contribution in [1.82, 2.24) is 4.90 Å². The summed E-state index contributed by atoms with van der Waals surface area (Å²) < 4.78 is 10.6. The van der Waals surface area contributed by atoms with Crippen LogP contribution in [-0.2, 0) is 11.2 Å². The lowest BCUT2D eigenvalue weighted by atomic mass is 9.95. The van der Waals surface area contributed by atoms with Gasteiger partial charge in [-0.2, -0.15) is 5.26 Å². The van der Waals surface area contributed by atoms with Crippen LogP contribution in [0.4, 0.5) is 0 Å². The van der Waals surface area contributed by atoms with Crippen LogP contribution in [0.25, 0.3) is 0 Å². The van der Waals surface area contributed by atoms with Gasteiger partial charge in [0.05, 0.1) is 25.5 Å². The average molecular weight is 220 g/mol. The van der Waals surface area contributed by atoms with Gasteiger partial charge >= 0.3 is 0 Å². The van der Waals surface area contributed by atoms with Crippen LogP contribution in [0.3, 0.4) is 0 Å². The number of hydrogen-bond acceptors (Lipinski definition) is 4. The van der Waals surface area contributed by atoms with Crippen molar-refractivity contribution in [2.75, 3.05) is 26.3 Å². The molecule has 4 heteroatoms. The van der Waals surface area contributed by atoms with E-state index in [1.165, 1.54) is 0 Å². The monoisotopic (exact) mass is 220 g/mol. The minimum absolute atomic E-state index is 0.498. The maximum Gasteiger partial charge on any atom is 0.113 e. The first-order chi connectivity index (χ1) is 7.74. The Bertz CT molecular complexity index is 363. The summed E-state index contributed by atoms with van der Waals surface area (Å²) in [4.78, 5) is 2.17. The van der Waals surface area contributed by atoms with Crippen molar-refractivity contribution in [3.8, 4) is 6.07 Å². The molecule has 1 aliphatic rings. The summed E-state index contributed by atoms with van der Waals surface area (Å²) in [6.07, 6.45) is 2.27. The second-order valence-electron chi connectivity index (χ2n) is 4.24. The van der Waals surface area contributed by atoms with Crippen LogP contribution in [0.2, 0.25) is 0 Å². The van der Waals surface area contributed by atoms with E-state index in [-0.39, 0.29) is 0 Å². The number of morpholine rings is 1. The molecule has 2 heterocycles. The van der Waals surface area contributed by atoms with Gasteiger partial charge in [0.25, 0.3) is 0 Å². The van der Waals surface area contributed by atoms with Crippen LogP contribution in [0.5, 0.6) is 0 Å². The molecule has 0 bridgehead atoms. The molecule has 86 valence electrons. The third kappa shape index (κ3) is 2.26. The molecule has 0 N–H and O–H groups in total. The van der Waals surface area contributed by atoms with Gasteiger partial charge in [0.15, 0.2) is 0 Å². The highest BCUT2D eigenvalue weighted by molar-refractivity contribution is 5.13. The van der Waals surface area contributed by atoms with E-state index in [4.69, 9.17) is 9.15 Å². The van der Waals surface area contributed by atoms with Crippen molar-refractivity contribution in [3.63, 3.8) is 0 Å². The van der Waals surface area contributed by atoms with Crippen LogP contribution < -0.4 is 0 Å². The topological polar surface area (TPSA) is 49.4 Å². The largest absolute Gasteiger partial charge is 0.469 e. The molecule has 4 nitrogen and oxygen atoms in total. The summed E-state index contributed by atoms with van der Waals surface area (Å²) in [5.74, 6) is 0.857. The number of rotatable bonds is 3. The third-order valence-corrected chi connectivity index (χ3v) is 3.05. The molecule has 1 saturated heterocycles. The Kier molecular flexibility index (Phi) is 3.28. The van der Waals surface area contributed by atoms with Crippen molar-refractivity contribution < 1.29 is 9.15 Å². The van der Waals surface area contributed by atoms with Gasteiger partial charge in [-0.05, 0) is 19.1 Å². The Morgan fingerprint density at radius 2 is 2.25 bits per heavy atom. The number of nitrogens with zero attached hydrogens (tertiary/aromatic N) is 2. The molecular formula is C12H16N2O2. The highest BCUT2D eigenvalue weighted by atomic mass is 16.5. The fraction of sp³-hybridized carbons (Fsp3) is 0.583. The molecule has 0 radical (unpaired) electrons. The van der Waals surface area contributed by atoms with Gasteiger partial charge < -0.3 is 9.15 Å². The summed E-state index contributed by atoms with van der Waals surface area (Å²) in [6.45, 7) is 4.99. The smallest absolute Gasteiger partial charge is 0.113 e. The van der Waals surface area contributed by atoms with Gasteiger partial charge in [-0.1, -0.05) is 0 Å². The molecule has 1 aliphatic heterocycles. The van der Waals surface area contributed by atoms with Gasteiger partial charge in [-0.3, -0.25) is 4.90 Å². The summed E-state index contributed by atoms with van der Waals surface area (Å²) in [7, 11) is 0. The maximum atomic E-state index is 9.36. The van der Waals surface area contributed by atoms with E-state index in [1.54, 1.807) is 6.26 Å². The van der Waals surface area contributed by atoms with Crippen molar-refractivity contribution >= 4 is 0 Å². The number of nitriles is 1. The molecule has 0 saturated carbocycles. The Hall–Kier alpha value is -1.31.